The zero-order chi connectivity index (χ0) is 26.1. The van der Waals surface area contributed by atoms with E-state index in [0.29, 0.717) is 29.9 Å². The number of benzene rings is 3. The second-order valence-corrected chi connectivity index (χ2v) is 8.30. The lowest BCUT2D eigenvalue weighted by atomic mass is 9.98. The van der Waals surface area contributed by atoms with E-state index in [0.717, 1.165) is 23.1 Å². The van der Waals surface area contributed by atoms with Crippen LogP contribution in [-0.4, -0.2) is 36.2 Å². The van der Waals surface area contributed by atoms with Crippen LogP contribution in [0.5, 0.6) is 0 Å². The van der Waals surface area contributed by atoms with Crippen molar-refractivity contribution < 1.29 is 24.2 Å². The molecule has 1 unspecified atom stereocenters. The minimum Gasteiger partial charge on any atom is -0.479 e. The van der Waals surface area contributed by atoms with Crippen LogP contribution in [0.4, 0.5) is 16.2 Å². The highest BCUT2D eigenvalue weighted by Gasteiger charge is 2.21. The molecule has 3 rings (SSSR count). The van der Waals surface area contributed by atoms with Crippen LogP contribution in [0.3, 0.4) is 0 Å². The molecular formula is C27H30N4O5. The van der Waals surface area contributed by atoms with Gasteiger partial charge in [0.25, 0.3) is 0 Å². The van der Waals surface area contributed by atoms with Crippen LogP contribution in [0.1, 0.15) is 38.7 Å². The Hall–Kier alpha value is -4.37. The number of rotatable bonds is 11. The molecule has 0 aliphatic rings. The molecule has 36 heavy (non-hydrogen) atoms. The molecule has 0 aliphatic heterocycles. The van der Waals surface area contributed by atoms with Gasteiger partial charge in [0.2, 0.25) is 5.91 Å². The van der Waals surface area contributed by atoms with Crippen molar-refractivity contribution in [2.75, 3.05) is 23.8 Å². The van der Waals surface area contributed by atoms with Crippen molar-refractivity contribution in [3.05, 3.63) is 94.5 Å². The summed E-state index contributed by atoms with van der Waals surface area (Å²) in [7, 11) is 0. The molecule has 0 bridgehead atoms. The normalized spacial score (nSPS) is 11.4. The van der Waals surface area contributed by atoms with Crippen molar-refractivity contribution in [2.45, 2.75) is 25.8 Å². The third kappa shape index (κ3) is 7.31. The summed E-state index contributed by atoms with van der Waals surface area (Å²) in [5, 5.41) is 15.4. The molecule has 2 amide bonds. The largest absolute Gasteiger partial charge is 0.479 e. The Morgan fingerprint density at radius 1 is 0.972 bits per heavy atom. The SMILES string of the molecule is Cc1cc(C(Nc2cccc(C(N)=O)c2)C(=O)O)ccc1CCOC(=O)Nc1cccc(CCN)c1. The molecule has 188 valence electrons. The van der Waals surface area contributed by atoms with Gasteiger partial charge in [-0.1, -0.05) is 36.4 Å². The number of carboxylic acids is 1. The Kier molecular flexibility index (Phi) is 9.01. The van der Waals surface area contributed by atoms with E-state index in [2.05, 4.69) is 10.6 Å². The van der Waals surface area contributed by atoms with Gasteiger partial charge in [0.15, 0.2) is 6.04 Å². The van der Waals surface area contributed by atoms with Crippen LogP contribution < -0.4 is 22.1 Å². The monoisotopic (exact) mass is 490 g/mol. The summed E-state index contributed by atoms with van der Waals surface area (Å²) in [5.41, 5.74) is 15.6. The maximum Gasteiger partial charge on any atom is 0.411 e. The van der Waals surface area contributed by atoms with Crippen LogP contribution >= 0.6 is 0 Å². The van der Waals surface area contributed by atoms with Gasteiger partial charge in [-0.2, -0.15) is 0 Å². The van der Waals surface area contributed by atoms with Crippen LogP contribution in [0, 0.1) is 6.92 Å². The number of hydrogen-bond acceptors (Lipinski definition) is 6. The number of hydrogen-bond donors (Lipinski definition) is 5. The molecule has 0 aromatic heterocycles. The van der Waals surface area contributed by atoms with E-state index >= 15 is 0 Å². The second-order valence-electron chi connectivity index (χ2n) is 8.30. The quantitative estimate of drug-likeness (QED) is 0.275. The standard InChI is InChI=1S/C27H30N4O5/c1-17-14-20(24(26(33)34)30-23-7-3-5-21(16-23)25(29)32)9-8-19(17)11-13-36-27(35)31-22-6-2-4-18(15-22)10-12-28/h2-9,14-16,24,30H,10-13,28H2,1H3,(H2,29,32)(H,31,35)(H,33,34). The van der Waals surface area contributed by atoms with E-state index in [9.17, 15) is 19.5 Å². The zero-order valence-corrected chi connectivity index (χ0v) is 20.0. The van der Waals surface area contributed by atoms with Crippen molar-refractivity contribution >= 4 is 29.3 Å². The summed E-state index contributed by atoms with van der Waals surface area (Å²) in [6, 6.07) is 18.1. The average Bonchev–Trinajstić information content (AvgIpc) is 2.84. The third-order valence-electron chi connectivity index (χ3n) is 5.62. The van der Waals surface area contributed by atoms with Gasteiger partial charge in [-0.05, 0) is 72.5 Å². The molecule has 0 fully saturated rings. The van der Waals surface area contributed by atoms with Crippen LogP contribution in [0.2, 0.25) is 0 Å². The summed E-state index contributed by atoms with van der Waals surface area (Å²) in [5.74, 6) is -1.66. The minimum absolute atomic E-state index is 0.162. The second kappa shape index (κ2) is 12.4. The van der Waals surface area contributed by atoms with Crippen molar-refractivity contribution in [3.63, 3.8) is 0 Å². The highest BCUT2D eigenvalue weighted by atomic mass is 16.5. The molecular weight excluding hydrogens is 460 g/mol. The number of primary amides is 1. The summed E-state index contributed by atoms with van der Waals surface area (Å²) >= 11 is 0. The molecule has 0 radical (unpaired) electrons. The lowest BCUT2D eigenvalue weighted by Crippen LogP contribution is -2.21. The minimum atomic E-state index is -1.07. The van der Waals surface area contributed by atoms with Gasteiger partial charge in [0.05, 0.1) is 6.61 Å². The smallest absolute Gasteiger partial charge is 0.411 e. The average molecular weight is 491 g/mol. The van der Waals surface area contributed by atoms with Crippen molar-refractivity contribution in [2.24, 2.45) is 11.5 Å². The number of amides is 2. The van der Waals surface area contributed by atoms with Crippen molar-refractivity contribution in [1.82, 2.24) is 0 Å². The number of carboxylic acid groups (broad SMARTS) is 1. The topological polar surface area (TPSA) is 157 Å². The molecule has 3 aromatic carbocycles. The number of aryl methyl sites for hydroxylation is 1. The molecule has 0 spiro atoms. The first kappa shape index (κ1) is 26.2. The Bertz CT molecular complexity index is 1240. The summed E-state index contributed by atoms with van der Waals surface area (Å²) in [4.78, 5) is 35.5. The molecule has 0 heterocycles. The fraction of sp³-hybridized carbons (Fsp3) is 0.222. The molecule has 9 heteroatoms. The van der Waals surface area contributed by atoms with Crippen molar-refractivity contribution in [3.8, 4) is 0 Å². The molecule has 0 saturated carbocycles. The molecule has 9 nitrogen and oxygen atoms in total. The number of ether oxygens (including phenoxy) is 1. The Balaban J connectivity index is 1.59. The Morgan fingerprint density at radius 3 is 2.42 bits per heavy atom. The van der Waals surface area contributed by atoms with Crippen LogP contribution in [0.15, 0.2) is 66.7 Å². The first-order chi connectivity index (χ1) is 17.3. The predicted molar refractivity (Wildman–Crippen MR) is 138 cm³/mol. The number of carbonyl (C=O) groups excluding carboxylic acids is 2. The molecule has 7 N–H and O–H groups in total. The first-order valence-corrected chi connectivity index (χ1v) is 11.5. The van der Waals surface area contributed by atoms with E-state index in [1.165, 1.54) is 6.07 Å². The Morgan fingerprint density at radius 2 is 1.72 bits per heavy atom. The molecule has 0 aliphatic carbocycles. The lowest BCUT2D eigenvalue weighted by Gasteiger charge is -2.18. The summed E-state index contributed by atoms with van der Waals surface area (Å²) in [6.45, 7) is 2.56. The van der Waals surface area contributed by atoms with E-state index in [4.69, 9.17) is 16.2 Å². The van der Waals surface area contributed by atoms with Gasteiger partial charge in [0, 0.05) is 23.4 Å². The van der Waals surface area contributed by atoms with Gasteiger partial charge in [-0.3, -0.25) is 10.1 Å². The molecule has 3 aromatic rings. The highest BCUT2D eigenvalue weighted by molar-refractivity contribution is 5.94. The predicted octanol–water partition coefficient (Wildman–Crippen LogP) is 3.62. The van der Waals surface area contributed by atoms with Crippen LogP contribution in [-0.2, 0) is 22.4 Å². The van der Waals surface area contributed by atoms with Gasteiger partial charge in [-0.15, -0.1) is 0 Å². The van der Waals surface area contributed by atoms with Gasteiger partial charge in [0.1, 0.15) is 0 Å². The van der Waals surface area contributed by atoms with Gasteiger partial charge < -0.3 is 26.6 Å². The number of nitrogens with one attached hydrogen (secondary N) is 2. The number of nitrogens with two attached hydrogens (primary N) is 2. The maximum atomic E-state index is 12.2. The zero-order valence-electron chi connectivity index (χ0n) is 20.0. The number of anilines is 2. The Labute approximate surface area is 209 Å². The number of aliphatic carboxylic acids is 1. The number of carbonyl (C=O) groups is 3. The summed E-state index contributed by atoms with van der Waals surface area (Å²) in [6.07, 6.45) is 0.638. The molecule has 1 atom stereocenters. The fourth-order valence-electron chi connectivity index (χ4n) is 3.77. The van der Waals surface area contributed by atoms with Crippen LogP contribution in [0.25, 0.3) is 0 Å². The van der Waals surface area contributed by atoms with Gasteiger partial charge >= 0.3 is 12.1 Å². The van der Waals surface area contributed by atoms with Crippen molar-refractivity contribution in [1.29, 1.82) is 0 Å². The summed E-state index contributed by atoms with van der Waals surface area (Å²) < 4.78 is 5.31. The van der Waals surface area contributed by atoms with Gasteiger partial charge in [-0.25, -0.2) is 9.59 Å². The van der Waals surface area contributed by atoms with E-state index in [-0.39, 0.29) is 12.2 Å². The van der Waals surface area contributed by atoms with E-state index in [1.807, 2.05) is 31.2 Å². The maximum absolute atomic E-state index is 12.2. The van der Waals surface area contributed by atoms with E-state index < -0.39 is 24.0 Å². The highest BCUT2D eigenvalue weighted by Crippen LogP contribution is 2.23. The third-order valence-corrected chi connectivity index (χ3v) is 5.62. The van der Waals surface area contributed by atoms with E-state index in [1.54, 1.807) is 36.4 Å². The molecule has 0 saturated heterocycles. The fourth-order valence-corrected chi connectivity index (χ4v) is 3.77. The lowest BCUT2D eigenvalue weighted by molar-refractivity contribution is -0.138. The first-order valence-electron chi connectivity index (χ1n) is 11.5.